The number of phenols is 1. The molecule has 0 bridgehead atoms. The molecule has 3 N–H and O–H groups in total. The minimum absolute atomic E-state index is 0.184. The van der Waals surface area contributed by atoms with E-state index >= 15 is 0 Å². The number of benzene rings is 2. The topological polar surface area (TPSA) is 124 Å². The second-order valence-corrected chi connectivity index (χ2v) is 5.84. The Kier molecular flexibility index (Phi) is 3.33. The molecule has 0 saturated heterocycles. The summed E-state index contributed by atoms with van der Waals surface area (Å²) < 4.78 is 24.8. The lowest BCUT2D eigenvalue weighted by Crippen LogP contribution is -2.06. The largest absolute Gasteiger partial charge is 0.506 e. The molecule has 0 aliphatic rings. The Morgan fingerprint density at radius 1 is 1.10 bits per heavy atom. The van der Waals surface area contributed by atoms with E-state index in [-0.39, 0.29) is 5.69 Å². The van der Waals surface area contributed by atoms with Crippen molar-refractivity contribution in [2.45, 2.75) is 9.79 Å². The summed E-state index contributed by atoms with van der Waals surface area (Å²) >= 11 is 0. The SMILES string of the molecule is Nc1ccc(S(=O)(=O)c2ccccc2[N+](=O)[O-])c(O)c1. The number of nitrogens with two attached hydrogens (primary N) is 1. The number of phenolic OH excluding ortho intramolecular Hbond substituents is 1. The Morgan fingerprint density at radius 2 is 1.75 bits per heavy atom. The first-order valence-corrected chi connectivity index (χ1v) is 6.89. The second kappa shape index (κ2) is 4.82. The van der Waals surface area contributed by atoms with Crippen LogP contribution in [0.15, 0.2) is 52.3 Å². The van der Waals surface area contributed by atoms with Gasteiger partial charge in [-0.3, -0.25) is 10.1 Å². The number of hydrogen-bond acceptors (Lipinski definition) is 6. The van der Waals surface area contributed by atoms with Crippen LogP contribution in [0.4, 0.5) is 11.4 Å². The van der Waals surface area contributed by atoms with Gasteiger partial charge in [-0.1, -0.05) is 12.1 Å². The lowest BCUT2D eigenvalue weighted by molar-refractivity contribution is -0.387. The number of hydrogen-bond donors (Lipinski definition) is 2. The molecule has 0 saturated carbocycles. The van der Waals surface area contributed by atoms with E-state index in [0.29, 0.717) is 0 Å². The van der Waals surface area contributed by atoms with Gasteiger partial charge >= 0.3 is 0 Å². The monoisotopic (exact) mass is 294 g/mol. The Labute approximate surface area is 114 Å². The Balaban J connectivity index is 2.71. The van der Waals surface area contributed by atoms with Crippen molar-refractivity contribution in [2.75, 3.05) is 5.73 Å². The average Bonchev–Trinajstić information content (AvgIpc) is 2.38. The van der Waals surface area contributed by atoms with Crippen LogP contribution in [0.1, 0.15) is 0 Å². The van der Waals surface area contributed by atoms with Gasteiger partial charge in [-0.2, -0.15) is 0 Å². The first-order chi connectivity index (χ1) is 9.34. The van der Waals surface area contributed by atoms with Crippen molar-refractivity contribution in [3.63, 3.8) is 0 Å². The van der Waals surface area contributed by atoms with E-state index in [4.69, 9.17) is 5.73 Å². The zero-order valence-electron chi connectivity index (χ0n) is 10.1. The molecular weight excluding hydrogens is 284 g/mol. The summed E-state index contributed by atoms with van der Waals surface area (Å²) in [5.74, 6) is -0.553. The molecule has 8 heteroatoms. The molecule has 2 aromatic rings. The predicted octanol–water partition coefficient (Wildman–Crippen LogP) is 1.72. The van der Waals surface area contributed by atoms with Crippen molar-refractivity contribution in [1.29, 1.82) is 0 Å². The molecule has 2 rings (SSSR count). The van der Waals surface area contributed by atoms with E-state index in [2.05, 4.69) is 0 Å². The molecule has 0 atom stereocenters. The zero-order valence-corrected chi connectivity index (χ0v) is 10.9. The van der Waals surface area contributed by atoms with Gasteiger partial charge < -0.3 is 10.8 Å². The van der Waals surface area contributed by atoms with Gasteiger partial charge in [0.15, 0.2) is 0 Å². The summed E-state index contributed by atoms with van der Waals surface area (Å²) in [4.78, 5) is 9.20. The summed E-state index contributed by atoms with van der Waals surface area (Å²) in [5, 5.41) is 20.6. The fourth-order valence-corrected chi connectivity index (χ4v) is 3.21. The fraction of sp³-hybridized carbons (Fsp3) is 0. The maximum absolute atomic E-state index is 12.4. The number of rotatable bonds is 3. The number of nitro groups is 1. The molecule has 0 unspecified atom stereocenters. The third-order valence-electron chi connectivity index (χ3n) is 2.62. The third kappa shape index (κ3) is 2.28. The normalized spacial score (nSPS) is 11.2. The van der Waals surface area contributed by atoms with Crippen LogP contribution in [0.3, 0.4) is 0 Å². The lowest BCUT2D eigenvalue weighted by Gasteiger charge is -2.07. The third-order valence-corrected chi connectivity index (χ3v) is 4.47. The number of nitrogen functional groups attached to an aromatic ring is 1. The Bertz CT molecular complexity index is 786. The van der Waals surface area contributed by atoms with Crippen LogP contribution in [0.2, 0.25) is 0 Å². The molecule has 0 aliphatic heterocycles. The summed E-state index contributed by atoms with van der Waals surface area (Å²) in [5.41, 5.74) is 5.06. The highest BCUT2D eigenvalue weighted by molar-refractivity contribution is 7.91. The van der Waals surface area contributed by atoms with Crippen LogP contribution in [-0.4, -0.2) is 18.4 Å². The van der Waals surface area contributed by atoms with Gasteiger partial charge in [-0.15, -0.1) is 0 Å². The van der Waals surface area contributed by atoms with E-state index < -0.39 is 36.0 Å². The Morgan fingerprint density at radius 3 is 2.35 bits per heavy atom. The first-order valence-electron chi connectivity index (χ1n) is 5.41. The predicted molar refractivity (Wildman–Crippen MR) is 71.1 cm³/mol. The number of nitrogens with zero attached hydrogens (tertiary/aromatic N) is 1. The highest BCUT2D eigenvalue weighted by atomic mass is 32.2. The lowest BCUT2D eigenvalue weighted by atomic mass is 10.3. The molecule has 0 heterocycles. The first kappa shape index (κ1) is 13.8. The molecule has 7 nitrogen and oxygen atoms in total. The molecule has 0 fully saturated rings. The van der Waals surface area contributed by atoms with E-state index in [0.717, 1.165) is 24.3 Å². The van der Waals surface area contributed by atoms with Gasteiger partial charge in [0.2, 0.25) is 9.84 Å². The van der Waals surface area contributed by atoms with Gasteiger partial charge in [0.25, 0.3) is 5.69 Å². The highest BCUT2D eigenvalue weighted by Gasteiger charge is 2.29. The summed E-state index contributed by atoms with van der Waals surface area (Å²) in [7, 11) is -4.21. The van der Waals surface area contributed by atoms with Crippen molar-refractivity contribution in [2.24, 2.45) is 0 Å². The number of nitro benzene ring substituents is 1. The van der Waals surface area contributed by atoms with Crippen LogP contribution < -0.4 is 5.73 Å². The van der Waals surface area contributed by atoms with Crippen molar-refractivity contribution in [3.8, 4) is 5.75 Å². The van der Waals surface area contributed by atoms with E-state index in [1.165, 1.54) is 18.2 Å². The van der Waals surface area contributed by atoms with Crippen LogP contribution in [0.5, 0.6) is 5.75 Å². The summed E-state index contributed by atoms with van der Waals surface area (Å²) in [6.45, 7) is 0. The molecule has 0 aliphatic carbocycles. The van der Waals surface area contributed by atoms with Crippen molar-refractivity contribution in [1.82, 2.24) is 0 Å². The van der Waals surface area contributed by atoms with Gasteiger partial charge in [-0.05, 0) is 18.2 Å². The van der Waals surface area contributed by atoms with E-state index in [1.54, 1.807) is 0 Å². The molecule has 20 heavy (non-hydrogen) atoms. The minimum atomic E-state index is -4.21. The van der Waals surface area contributed by atoms with Crippen molar-refractivity contribution < 1.29 is 18.4 Å². The van der Waals surface area contributed by atoms with E-state index in [9.17, 15) is 23.6 Å². The van der Waals surface area contributed by atoms with Gasteiger partial charge in [0, 0.05) is 17.8 Å². The summed E-state index contributed by atoms with van der Waals surface area (Å²) in [6, 6.07) is 8.40. The fourth-order valence-electron chi connectivity index (χ4n) is 1.72. The van der Waals surface area contributed by atoms with Crippen LogP contribution in [0.25, 0.3) is 0 Å². The van der Waals surface area contributed by atoms with Crippen molar-refractivity contribution >= 4 is 21.2 Å². The quantitative estimate of drug-likeness (QED) is 0.504. The molecule has 104 valence electrons. The van der Waals surface area contributed by atoms with Crippen LogP contribution in [0, 0.1) is 10.1 Å². The number of sulfone groups is 1. The molecule has 0 aromatic heterocycles. The number of para-hydroxylation sites is 1. The highest BCUT2D eigenvalue weighted by Crippen LogP contribution is 2.34. The number of anilines is 1. The van der Waals surface area contributed by atoms with Crippen molar-refractivity contribution in [3.05, 3.63) is 52.6 Å². The molecular formula is C12H10N2O5S. The van der Waals surface area contributed by atoms with Crippen LogP contribution >= 0.6 is 0 Å². The average molecular weight is 294 g/mol. The zero-order chi connectivity index (χ0) is 14.9. The molecule has 0 spiro atoms. The van der Waals surface area contributed by atoms with Crippen LogP contribution in [-0.2, 0) is 9.84 Å². The second-order valence-electron chi connectivity index (χ2n) is 3.96. The molecule has 0 amide bonds. The maximum atomic E-state index is 12.4. The standard InChI is InChI=1S/C12H10N2O5S/c13-8-5-6-12(10(15)7-8)20(18,19)11-4-2-1-3-9(11)14(16)17/h1-7,15H,13H2. The smallest absolute Gasteiger partial charge is 0.288 e. The van der Waals surface area contributed by atoms with Gasteiger partial charge in [-0.25, -0.2) is 8.42 Å². The van der Waals surface area contributed by atoms with Gasteiger partial charge in [0.1, 0.15) is 15.5 Å². The summed E-state index contributed by atoms with van der Waals surface area (Å²) in [6.07, 6.45) is 0. The van der Waals surface area contributed by atoms with Gasteiger partial charge in [0.05, 0.1) is 4.92 Å². The number of aromatic hydroxyl groups is 1. The molecule has 2 aromatic carbocycles. The Hall–Kier alpha value is -2.61. The molecule has 0 radical (unpaired) electrons. The maximum Gasteiger partial charge on any atom is 0.288 e. The van der Waals surface area contributed by atoms with E-state index in [1.807, 2.05) is 0 Å². The minimum Gasteiger partial charge on any atom is -0.506 e.